The highest BCUT2D eigenvalue weighted by atomic mass is 32.1. The van der Waals surface area contributed by atoms with Gasteiger partial charge in [-0.1, -0.05) is 0 Å². The summed E-state index contributed by atoms with van der Waals surface area (Å²) < 4.78 is 0. The summed E-state index contributed by atoms with van der Waals surface area (Å²) in [6.07, 6.45) is 3.71. The largest absolute Gasteiger partial charge is 0.389 e. The molecule has 3 nitrogen and oxygen atoms in total. The van der Waals surface area contributed by atoms with Gasteiger partial charge >= 0.3 is 0 Å². The van der Waals surface area contributed by atoms with Gasteiger partial charge in [-0.05, 0) is 43.2 Å². The highest BCUT2D eigenvalue weighted by molar-refractivity contribution is 7.14. The van der Waals surface area contributed by atoms with Crippen molar-refractivity contribution >= 4 is 16.3 Å². The molecule has 0 amide bonds. The van der Waals surface area contributed by atoms with Gasteiger partial charge in [0, 0.05) is 19.6 Å². The summed E-state index contributed by atoms with van der Waals surface area (Å²) in [5, 5.41) is 13.5. The molecule has 3 N–H and O–H groups in total. The van der Waals surface area contributed by atoms with Crippen LogP contribution >= 0.6 is 11.3 Å². The van der Waals surface area contributed by atoms with Crippen molar-refractivity contribution in [3.05, 3.63) is 17.5 Å². The Morgan fingerprint density at radius 2 is 2.25 bits per heavy atom. The highest BCUT2D eigenvalue weighted by Gasteiger charge is 2.33. The first-order chi connectivity index (χ1) is 7.64. The molecule has 1 aliphatic carbocycles. The molecule has 0 spiro atoms. The van der Waals surface area contributed by atoms with Crippen LogP contribution in [0.25, 0.3) is 0 Å². The molecule has 0 saturated heterocycles. The number of nitrogens with zero attached hydrogens (tertiary/aromatic N) is 1. The Morgan fingerprint density at radius 1 is 1.56 bits per heavy atom. The summed E-state index contributed by atoms with van der Waals surface area (Å²) in [6.45, 7) is 0.391. The molecular weight excluding hydrogens is 220 g/mol. The van der Waals surface area contributed by atoms with Gasteiger partial charge in [0.1, 0.15) is 0 Å². The molecule has 0 atom stereocenters. The van der Waals surface area contributed by atoms with Crippen LogP contribution in [0.3, 0.4) is 0 Å². The third-order valence-corrected chi connectivity index (χ3v) is 4.63. The van der Waals surface area contributed by atoms with Crippen LogP contribution in [0.2, 0.25) is 0 Å². The van der Waals surface area contributed by atoms with Gasteiger partial charge in [-0.3, -0.25) is 0 Å². The zero-order chi connectivity index (χ0) is 11.6. The number of nitrogens with two attached hydrogens (primary N) is 1. The fourth-order valence-corrected chi connectivity index (χ4v) is 3.15. The van der Waals surface area contributed by atoms with E-state index in [1.165, 1.54) is 5.00 Å². The van der Waals surface area contributed by atoms with Crippen molar-refractivity contribution in [2.24, 2.45) is 5.73 Å². The maximum absolute atomic E-state index is 10.1. The van der Waals surface area contributed by atoms with E-state index in [2.05, 4.69) is 29.5 Å². The fraction of sp³-hybridized carbons (Fsp3) is 0.667. The van der Waals surface area contributed by atoms with E-state index in [9.17, 15) is 5.11 Å². The molecule has 1 aliphatic rings. The average Bonchev–Trinajstić information content (AvgIpc) is 2.83. The first kappa shape index (κ1) is 11.9. The van der Waals surface area contributed by atoms with Crippen molar-refractivity contribution < 1.29 is 5.11 Å². The van der Waals surface area contributed by atoms with Crippen LogP contribution in [0.1, 0.15) is 25.7 Å². The molecule has 90 valence electrons. The average molecular weight is 240 g/mol. The van der Waals surface area contributed by atoms with Gasteiger partial charge in [0.2, 0.25) is 0 Å². The molecule has 0 radical (unpaired) electrons. The molecular formula is C12H20N2OS. The minimum Gasteiger partial charge on any atom is -0.389 e. The Kier molecular flexibility index (Phi) is 3.52. The second-order valence-electron chi connectivity index (χ2n) is 4.72. The van der Waals surface area contributed by atoms with E-state index in [1.54, 1.807) is 11.3 Å². The Bertz CT molecular complexity index is 318. The van der Waals surface area contributed by atoms with Crippen LogP contribution in [0.15, 0.2) is 17.5 Å². The molecule has 1 aromatic heterocycles. The quantitative estimate of drug-likeness (QED) is 0.847. The second-order valence-corrected chi connectivity index (χ2v) is 5.65. The summed E-state index contributed by atoms with van der Waals surface area (Å²) in [7, 11) is 2.14. The molecule has 0 bridgehead atoms. The lowest BCUT2D eigenvalue weighted by Gasteiger charge is -2.39. The molecule has 0 unspecified atom stereocenters. The molecule has 0 aliphatic heterocycles. The van der Waals surface area contributed by atoms with Gasteiger partial charge in [0.25, 0.3) is 0 Å². The van der Waals surface area contributed by atoms with Crippen LogP contribution < -0.4 is 10.6 Å². The molecule has 16 heavy (non-hydrogen) atoms. The van der Waals surface area contributed by atoms with Crippen molar-refractivity contribution in [2.75, 3.05) is 18.5 Å². The van der Waals surface area contributed by atoms with Gasteiger partial charge in [-0.2, -0.15) is 0 Å². The maximum Gasteiger partial charge on any atom is 0.0908 e. The third-order valence-electron chi connectivity index (χ3n) is 3.67. The lowest BCUT2D eigenvalue weighted by Crippen LogP contribution is -2.46. The van der Waals surface area contributed by atoms with Crippen molar-refractivity contribution in [3.8, 4) is 0 Å². The molecule has 1 saturated carbocycles. The smallest absolute Gasteiger partial charge is 0.0908 e. The minimum atomic E-state index is -0.604. The van der Waals surface area contributed by atoms with Gasteiger partial charge in [0.15, 0.2) is 0 Å². The Morgan fingerprint density at radius 3 is 2.75 bits per heavy atom. The van der Waals surface area contributed by atoms with Gasteiger partial charge < -0.3 is 15.7 Å². The number of rotatable bonds is 3. The SMILES string of the molecule is CN(c1cccs1)C1CCC(O)(CN)CC1. The molecule has 1 heterocycles. The van der Waals surface area contributed by atoms with E-state index < -0.39 is 5.60 Å². The first-order valence-electron chi connectivity index (χ1n) is 5.83. The zero-order valence-electron chi connectivity index (χ0n) is 9.72. The first-order valence-corrected chi connectivity index (χ1v) is 6.71. The normalized spacial score (nSPS) is 30.3. The lowest BCUT2D eigenvalue weighted by atomic mass is 9.82. The number of hydrogen-bond acceptors (Lipinski definition) is 4. The molecule has 1 aromatic rings. The number of hydrogen-bond donors (Lipinski definition) is 2. The topological polar surface area (TPSA) is 49.5 Å². The van der Waals surface area contributed by atoms with Crippen LogP contribution in [-0.4, -0.2) is 30.3 Å². The standard InChI is InChI=1S/C12H20N2OS/c1-14(11-3-2-8-16-11)10-4-6-12(15,9-13)7-5-10/h2-3,8,10,15H,4-7,9,13H2,1H3. The number of aliphatic hydroxyl groups is 1. The summed E-state index contributed by atoms with van der Waals surface area (Å²) >= 11 is 1.77. The summed E-state index contributed by atoms with van der Waals surface area (Å²) in [4.78, 5) is 2.33. The predicted octanol–water partition coefficient (Wildman–Crippen LogP) is 1.82. The molecule has 2 rings (SSSR count). The van der Waals surface area contributed by atoms with Crippen molar-refractivity contribution in [1.82, 2.24) is 0 Å². The minimum absolute atomic E-state index is 0.391. The van der Waals surface area contributed by atoms with E-state index in [0.29, 0.717) is 12.6 Å². The van der Waals surface area contributed by atoms with Crippen LogP contribution in [0, 0.1) is 0 Å². The van der Waals surface area contributed by atoms with E-state index in [1.807, 2.05) is 0 Å². The predicted molar refractivity (Wildman–Crippen MR) is 69.0 cm³/mol. The van der Waals surface area contributed by atoms with Crippen LogP contribution in [0.5, 0.6) is 0 Å². The monoisotopic (exact) mass is 240 g/mol. The lowest BCUT2D eigenvalue weighted by molar-refractivity contribution is 0.00804. The Labute approximate surface area is 101 Å². The summed E-state index contributed by atoms with van der Waals surface area (Å²) in [6, 6.07) is 4.77. The molecule has 4 heteroatoms. The third kappa shape index (κ3) is 2.39. The van der Waals surface area contributed by atoms with E-state index >= 15 is 0 Å². The summed E-state index contributed by atoms with van der Waals surface area (Å²) in [5.41, 5.74) is 4.99. The number of thiophene rings is 1. The van der Waals surface area contributed by atoms with Crippen molar-refractivity contribution in [3.63, 3.8) is 0 Å². The Balaban J connectivity index is 1.94. The number of anilines is 1. The van der Waals surface area contributed by atoms with E-state index in [4.69, 9.17) is 5.73 Å². The van der Waals surface area contributed by atoms with Gasteiger partial charge in [-0.25, -0.2) is 0 Å². The van der Waals surface area contributed by atoms with Crippen molar-refractivity contribution in [2.45, 2.75) is 37.3 Å². The second kappa shape index (κ2) is 4.73. The summed E-state index contributed by atoms with van der Waals surface area (Å²) in [5.74, 6) is 0. The van der Waals surface area contributed by atoms with E-state index in [0.717, 1.165) is 25.7 Å². The van der Waals surface area contributed by atoms with Crippen molar-refractivity contribution in [1.29, 1.82) is 0 Å². The van der Waals surface area contributed by atoms with Gasteiger partial charge in [0.05, 0.1) is 10.6 Å². The highest BCUT2D eigenvalue weighted by Crippen LogP contribution is 2.33. The maximum atomic E-state index is 10.1. The van der Waals surface area contributed by atoms with Crippen LogP contribution in [-0.2, 0) is 0 Å². The van der Waals surface area contributed by atoms with Gasteiger partial charge in [-0.15, -0.1) is 11.3 Å². The zero-order valence-corrected chi connectivity index (χ0v) is 10.5. The Hall–Kier alpha value is -0.580. The fourth-order valence-electron chi connectivity index (χ4n) is 2.38. The molecule has 1 fully saturated rings. The van der Waals surface area contributed by atoms with E-state index in [-0.39, 0.29) is 0 Å². The van der Waals surface area contributed by atoms with Crippen LogP contribution in [0.4, 0.5) is 5.00 Å². The molecule has 0 aromatic carbocycles.